The summed E-state index contributed by atoms with van der Waals surface area (Å²) in [6.45, 7) is 2.73. The first-order chi connectivity index (χ1) is 9.06. The molecule has 5 heteroatoms. The molecule has 1 aromatic carbocycles. The number of halogens is 1. The predicted octanol–water partition coefficient (Wildman–Crippen LogP) is 2.78. The Hall–Kier alpha value is -0.970. The lowest BCUT2D eigenvalue weighted by molar-refractivity contribution is 0.118. The van der Waals surface area contributed by atoms with Crippen LogP contribution in [-0.4, -0.2) is 26.9 Å². The van der Waals surface area contributed by atoms with Crippen LogP contribution in [0.25, 0.3) is 0 Å². The van der Waals surface area contributed by atoms with Crippen LogP contribution in [0.1, 0.15) is 24.9 Å². The van der Waals surface area contributed by atoms with Gasteiger partial charge in [0.25, 0.3) is 0 Å². The van der Waals surface area contributed by atoms with Crippen LogP contribution in [0.5, 0.6) is 11.5 Å². The highest BCUT2D eigenvalue weighted by Crippen LogP contribution is 2.39. The van der Waals surface area contributed by atoms with Crippen LogP contribution in [0.3, 0.4) is 0 Å². The van der Waals surface area contributed by atoms with Gasteiger partial charge in [0.1, 0.15) is 0 Å². The fourth-order valence-electron chi connectivity index (χ4n) is 2.48. The van der Waals surface area contributed by atoms with Crippen molar-refractivity contribution in [2.75, 3.05) is 20.8 Å². The molecule has 1 aliphatic heterocycles. The van der Waals surface area contributed by atoms with Crippen LogP contribution >= 0.6 is 11.6 Å². The van der Waals surface area contributed by atoms with Crippen LogP contribution in [-0.2, 0) is 4.74 Å². The zero-order valence-corrected chi connectivity index (χ0v) is 12.2. The highest BCUT2D eigenvalue weighted by atomic mass is 35.5. The molecule has 3 atom stereocenters. The van der Waals surface area contributed by atoms with E-state index >= 15 is 0 Å². The van der Waals surface area contributed by atoms with Crippen molar-refractivity contribution in [3.63, 3.8) is 0 Å². The minimum Gasteiger partial charge on any atom is -0.493 e. The maximum Gasteiger partial charge on any atom is 0.162 e. The second kappa shape index (κ2) is 5.99. The molecule has 0 saturated carbocycles. The van der Waals surface area contributed by atoms with Crippen LogP contribution in [0.15, 0.2) is 12.1 Å². The third-order valence-corrected chi connectivity index (χ3v) is 3.93. The topological polar surface area (TPSA) is 53.7 Å². The first-order valence-corrected chi connectivity index (χ1v) is 6.73. The maximum absolute atomic E-state index is 6.32. The molecule has 0 radical (unpaired) electrons. The molecule has 1 aliphatic rings. The Balaban J connectivity index is 2.28. The van der Waals surface area contributed by atoms with Crippen molar-refractivity contribution in [2.45, 2.75) is 25.5 Å². The Kier molecular flexibility index (Phi) is 4.55. The molecule has 1 heterocycles. The Morgan fingerprint density at radius 1 is 1.32 bits per heavy atom. The lowest BCUT2D eigenvalue weighted by Crippen LogP contribution is -2.22. The molecule has 1 aromatic rings. The number of benzene rings is 1. The number of nitrogens with two attached hydrogens (primary N) is 1. The summed E-state index contributed by atoms with van der Waals surface area (Å²) in [7, 11) is 3.18. The summed E-state index contributed by atoms with van der Waals surface area (Å²) in [5.74, 6) is 1.54. The highest BCUT2D eigenvalue weighted by Gasteiger charge is 2.30. The van der Waals surface area contributed by atoms with Crippen molar-refractivity contribution >= 4 is 11.6 Å². The second-order valence-corrected chi connectivity index (χ2v) is 5.30. The largest absolute Gasteiger partial charge is 0.493 e. The summed E-state index contributed by atoms with van der Waals surface area (Å²) in [5.41, 5.74) is 7.19. The minimum absolute atomic E-state index is 0.155. The molecule has 3 unspecified atom stereocenters. The van der Waals surface area contributed by atoms with Crippen molar-refractivity contribution < 1.29 is 14.2 Å². The monoisotopic (exact) mass is 285 g/mol. The van der Waals surface area contributed by atoms with E-state index in [0.29, 0.717) is 23.1 Å². The number of hydrogen-bond acceptors (Lipinski definition) is 4. The standard InChI is InChI=1S/C14H20ClNO3/c1-8-4-9(7-19-8)14(16)10-5-12(17-2)13(18-3)6-11(10)15/h5-6,8-9,14H,4,7,16H2,1-3H3. The van der Waals surface area contributed by atoms with Gasteiger partial charge in [-0.2, -0.15) is 0 Å². The van der Waals surface area contributed by atoms with Gasteiger partial charge in [0, 0.05) is 23.0 Å². The molecule has 2 N–H and O–H groups in total. The van der Waals surface area contributed by atoms with Gasteiger partial charge in [0.2, 0.25) is 0 Å². The predicted molar refractivity (Wildman–Crippen MR) is 75.0 cm³/mol. The summed E-state index contributed by atoms with van der Waals surface area (Å²) < 4.78 is 16.1. The van der Waals surface area contributed by atoms with Crippen molar-refractivity contribution in [1.82, 2.24) is 0 Å². The van der Waals surface area contributed by atoms with Gasteiger partial charge in [0.15, 0.2) is 11.5 Å². The maximum atomic E-state index is 6.32. The van der Waals surface area contributed by atoms with Gasteiger partial charge >= 0.3 is 0 Å². The molecule has 0 bridgehead atoms. The fraction of sp³-hybridized carbons (Fsp3) is 0.571. The molecule has 4 nitrogen and oxygen atoms in total. The average Bonchev–Trinajstić information content (AvgIpc) is 2.84. The van der Waals surface area contributed by atoms with Crippen LogP contribution in [0.2, 0.25) is 5.02 Å². The normalized spacial score (nSPS) is 24.3. The summed E-state index contributed by atoms with van der Waals surface area (Å²) in [6.07, 6.45) is 1.21. The zero-order chi connectivity index (χ0) is 14.0. The Morgan fingerprint density at radius 3 is 2.47 bits per heavy atom. The molecular weight excluding hydrogens is 266 g/mol. The van der Waals surface area contributed by atoms with Crippen LogP contribution in [0, 0.1) is 5.92 Å². The third-order valence-electron chi connectivity index (χ3n) is 3.60. The van der Waals surface area contributed by atoms with Gasteiger partial charge in [0.05, 0.1) is 26.9 Å². The minimum atomic E-state index is -0.155. The van der Waals surface area contributed by atoms with Gasteiger partial charge in [-0.3, -0.25) is 0 Å². The molecule has 2 rings (SSSR count). The zero-order valence-electron chi connectivity index (χ0n) is 11.5. The van der Waals surface area contributed by atoms with E-state index in [2.05, 4.69) is 6.92 Å². The first kappa shape index (κ1) is 14.4. The summed E-state index contributed by atoms with van der Waals surface area (Å²) in [5, 5.41) is 0.602. The van der Waals surface area contributed by atoms with E-state index in [0.717, 1.165) is 12.0 Å². The molecule has 0 aliphatic carbocycles. The molecule has 0 spiro atoms. The Labute approximate surface area is 118 Å². The Bertz CT molecular complexity index is 453. The molecule has 0 amide bonds. The lowest BCUT2D eigenvalue weighted by atomic mass is 9.91. The quantitative estimate of drug-likeness (QED) is 0.924. The van der Waals surface area contributed by atoms with Gasteiger partial charge < -0.3 is 19.9 Å². The van der Waals surface area contributed by atoms with E-state index in [1.54, 1.807) is 20.3 Å². The summed E-state index contributed by atoms with van der Waals surface area (Å²) in [4.78, 5) is 0. The van der Waals surface area contributed by atoms with Gasteiger partial charge in [-0.25, -0.2) is 0 Å². The van der Waals surface area contributed by atoms with E-state index in [1.165, 1.54) is 0 Å². The van der Waals surface area contributed by atoms with Gasteiger partial charge in [-0.15, -0.1) is 0 Å². The highest BCUT2D eigenvalue weighted by molar-refractivity contribution is 6.31. The van der Waals surface area contributed by atoms with E-state index in [-0.39, 0.29) is 18.1 Å². The van der Waals surface area contributed by atoms with Crippen molar-refractivity contribution in [3.05, 3.63) is 22.7 Å². The molecule has 1 fully saturated rings. The number of rotatable bonds is 4. The second-order valence-electron chi connectivity index (χ2n) is 4.89. The van der Waals surface area contributed by atoms with Crippen LogP contribution in [0.4, 0.5) is 0 Å². The van der Waals surface area contributed by atoms with E-state index in [4.69, 9.17) is 31.5 Å². The first-order valence-electron chi connectivity index (χ1n) is 6.35. The summed E-state index contributed by atoms with van der Waals surface area (Å²) >= 11 is 6.29. The van der Waals surface area contributed by atoms with Gasteiger partial charge in [-0.1, -0.05) is 11.6 Å². The van der Waals surface area contributed by atoms with E-state index < -0.39 is 0 Å². The molecular formula is C14H20ClNO3. The smallest absolute Gasteiger partial charge is 0.162 e. The number of methoxy groups -OCH3 is 2. The van der Waals surface area contributed by atoms with E-state index in [1.807, 2.05) is 6.07 Å². The molecule has 0 aromatic heterocycles. The van der Waals surface area contributed by atoms with Crippen LogP contribution < -0.4 is 15.2 Å². The average molecular weight is 286 g/mol. The number of ether oxygens (including phenoxy) is 3. The van der Waals surface area contributed by atoms with E-state index in [9.17, 15) is 0 Å². The van der Waals surface area contributed by atoms with Crippen molar-refractivity contribution in [1.29, 1.82) is 0 Å². The Morgan fingerprint density at radius 2 is 1.95 bits per heavy atom. The van der Waals surface area contributed by atoms with Crippen molar-refractivity contribution in [3.8, 4) is 11.5 Å². The van der Waals surface area contributed by atoms with Gasteiger partial charge in [-0.05, 0) is 25.0 Å². The SMILES string of the molecule is COc1cc(Cl)c(C(N)C2COC(C)C2)cc1OC. The molecule has 19 heavy (non-hydrogen) atoms. The fourth-order valence-corrected chi connectivity index (χ4v) is 2.76. The number of hydrogen-bond donors (Lipinski definition) is 1. The van der Waals surface area contributed by atoms with Crippen molar-refractivity contribution in [2.24, 2.45) is 11.7 Å². The molecule has 1 saturated heterocycles. The lowest BCUT2D eigenvalue weighted by Gasteiger charge is -2.21. The third kappa shape index (κ3) is 2.96. The summed E-state index contributed by atoms with van der Waals surface area (Å²) in [6, 6.07) is 3.45. The molecule has 106 valence electrons.